The van der Waals surface area contributed by atoms with Crippen LogP contribution in [0, 0.1) is 5.92 Å². The van der Waals surface area contributed by atoms with E-state index in [2.05, 4.69) is 20.2 Å². The molecular formula is C14H21ClN4O. The van der Waals surface area contributed by atoms with E-state index in [1.165, 1.54) is 19.4 Å². The maximum absolute atomic E-state index is 6.20. The third-order valence-corrected chi connectivity index (χ3v) is 4.34. The van der Waals surface area contributed by atoms with Gasteiger partial charge in [0, 0.05) is 19.1 Å². The first-order valence-corrected chi connectivity index (χ1v) is 7.69. The number of anilines is 1. The Morgan fingerprint density at radius 3 is 2.75 bits per heavy atom. The number of hydrogen-bond donors (Lipinski definition) is 1. The Kier molecular flexibility index (Phi) is 4.27. The lowest BCUT2D eigenvalue weighted by Crippen LogP contribution is -2.43. The number of rotatable bonds is 5. The lowest BCUT2D eigenvalue weighted by molar-refractivity contribution is 0.377. The average Bonchev–Trinajstić information content (AvgIpc) is 3.31. The molecule has 1 aromatic rings. The Labute approximate surface area is 124 Å². The summed E-state index contributed by atoms with van der Waals surface area (Å²) in [5.74, 6) is 1.73. The molecule has 1 aromatic heterocycles. The van der Waals surface area contributed by atoms with Crippen LogP contribution in [0.5, 0.6) is 6.01 Å². The minimum Gasteiger partial charge on any atom is -0.467 e. The zero-order valence-corrected chi connectivity index (χ0v) is 12.6. The van der Waals surface area contributed by atoms with Crippen LogP contribution in [0.15, 0.2) is 6.20 Å². The van der Waals surface area contributed by atoms with E-state index in [1.54, 1.807) is 13.3 Å². The van der Waals surface area contributed by atoms with Gasteiger partial charge >= 0.3 is 6.01 Å². The van der Waals surface area contributed by atoms with Gasteiger partial charge in [-0.25, -0.2) is 4.98 Å². The Morgan fingerprint density at radius 2 is 2.10 bits per heavy atom. The van der Waals surface area contributed by atoms with E-state index in [0.29, 0.717) is 17.1 Å². The lowest BCUT2D eigenvalue weighted by atomic mass is 10.0. The monoisotopic (exact) mass is 296 g/mol. The summed E-state index contributed by atoms with van der Waals surface area (Å²) in [5, 5.41) is 4.27. The third kappa shape index (κ3) is 3.33. The molecule has 2 heterocycles. The minimum atomic E-state index is 0.374. The molecule has 110 valence electrons. The first-order chi connectivity index (χ1) is 9.76. The van der Waals surface area contributed by atoms with Gasteiger partial charge in [0.25, 0.3) is 0 Å². The fourth-order valence-electron chi connectivity index (χ4n) is 2.61. The number of aromatic nitrogens is 2. The van der Waals surface area contributed by atoms with Gasteiger partial charge in [-0.15, -0.1) is 0 Å². The van der Waals surface area contributed by atoms with Crippen LogP contribution in [0.25, 0.3) is 0 Å². The van der Waals surface area contributed by atoms with E-state index in [0.717, 1.165) is 37.7 Å². The van der Waals surface area contributed by atoms with E-state index in [1.807, 2.05) is 0 Å². The number of nitrogens with zero attached hydrogens (tertiary/aromatic N) is 3. The molecule has 1 N–H and O–H groups in total. The normalized spacial score (nSPS) is 20.2. The highest BCUT2D eigenvalue weighted by atomic mass is 35.5. The highest BCUT2D eigenvalue weighted by Crippen LogP contribution is 2.29. The van der Waals surface area contributed by atoms with Crippen molar-refractivity contribution < 1.29 is 4.74 Å². The summed E-state index contributed by atoms with van der Waals surface area (Å²) in [7, 11) is 1.57. The molecule has 1 aliphatic heterocycles. The summed E-state index contributed by atoms with van der Waals surface area (Å²) >= 11 is 6.20. The topological polar surface area (TPSA) is 50.3 Å². The van der Waals surface area contributed by atoms with Crippen molar-refractivity contribution in [2.24, 2.45) is 5.92 Å². The van der Waals surface area contributed by atoms with E-state index >= 15 is 0 Å². The summed E-state index contributed by atoms with van der Waals surface area (Å²) < 4.78 is 5.07. The molecule has 5 nitrogen and oxygen atoms in total. The molecular weight excluding hydrogens is 276 g/mol. The highest BCUT2D eigenvalue weighted by Gasteiger charge is 2.25. The molecule has 0 radical (unpaired) electrons. The van der Waals surface area contributed by atoms with Crippen LogP contribution < -0.4 is 15.0 Å². The van der Waals surface area contributed by atoms with Crippen molar-refractivity contribution in [3.05, 3.63) is 11.2 Å². The summed E-state index contributed by atoms with van der Waals surface area (Å²) in [6, 6.07) is 1.01. The second-order valence-corrected chi connectivity index (χ2v) is 6.05. The smallest absolute Gasteiger partial charge is 0.318 e. The fraction of sp³-hybridized carbons (Fsp3) is 0.714. The second kappa shape index (κ2) is 6.14. The van der Waals surface area contributed by atoms with Crippen LogP contribution in [0.3, 0.4) is 0 Å². The lowest BCUT2D eigenvalue weighted by Gasteiger charge is -2.33. The standard InChI is InChI=1S/C14H21ClN4O/c1-20-14-17-9-12(15)13(18-14)19-6-4-11(5-7-19)16-8-10-2-3-10/h9-11,16H,2-8H2,1H3. The largest absolute Gasteiger partial charge is 0.467 e. The van der Waals surface area contributed by atoms with Crippen LogP contribution in [0.4, 0.5) is 5.82 Å². The first-order valence-electron chi connectivity index (χ1n) is 7.31. The maximum atomic E-state index is 6.20. The van der Waals surface area contributed by atoms with Gasteiger partial charge in [-0.3, -0.25) is 0 Å². The molecule has 0 spiro atoms. The van der Waals surface area contributed by atoms with E-state index in [9.17, 15) is 0 Å². The minimum absolute atomic E-state index is 0.374. The first kappa shape index (κ1) is 13.9. The molecule has 0 amide bonds. The molecule has 1 saturated heterocycles. The van der Waals surface area contributed by atoms with Gasteiger partial charge in [0.15, 0.2) is 5.82 Å². The number of nitrogens with one attached hydrogen (secondary N) is 1. The summed E-state index contributed by atoms with van der Waals surface area (Å²) in [6.07, 6.45) is 6.69. The van der Waals surface area contributed by atoms with Crippen LogP contribution in [-0.2, 0) is 0 Å². The van der Waals surface area contributed by atoms with Gasteiger partial charge in [-0.2, -0.15) is 4.98 Å². The molecule has 2 fully saturated rings. The average molecular weight is 297 g/mol. The van der Waals surface area contributed by atoms with E-state index in [4.69, 9.17) is 16.3 Å². The molecule has 6 heteroatoms. The number of piperidine rings is 1. The van der Waals surface area contributed by atoms with Gasteiger partial charge in [-0.1, -0.05) is 11.6 Å². The Hall–Kier alpha value is -1.07. The molecule has 1 saturated carbocycles. The zero-order valence-electron chi connectivity index (χ0n) is 11.8. The quantitative estimate of drug-likeness (QED) is 0.902. The maximum Gasteiger partial charge on any atom is 0.318 e. The summed E-state index contributed by atoms with van der Waals surface area (Å²) in [4.78, 5) is 10.6. The van der Waals surface area contributed by atoms with E-state index < -0.39 is 0 Å². The number of halogens is 1. The number of hydrogen-bond acceptors (Lipinski definition) is 5. The predicted molar refractivity (Wildman–Crippen MR) is 79.6 cm³/mol. The van der Waals surface area contributed by atoms with Gasteiger partial charge in [0.05, 0.1) is 13.3 Å². The Bertz CT molecular complexity index is 458. The van der Waals surface area contributed by atoms with Crippen LogP contribution in [-0.4, -0.2) is 42.8 Å². The summed E-state index contributed by atoms with van der Waals surface area (Å²) in [6.45, 7) is 3.14. The third-order valence-electron chi connectivity index (χ3n) is 4.07. The second-order valence-electron chi connectivity index (χ2n) is 5.64. The van der Waals surface area contributed by atoms with E-state index in [-0.39, 0.29) is 0 Å². The van der Waals surface area contributed by atoms with Crippen molar-refractivity contribution in [3.8, 4) is 6.01 Å². The molecule has 0 atom stereocenters. The van der Waals surface area contributed by atoms with Crippen molar-refractivity contribution in [2.45, 2.75) is 31.7 Å². The molecule has 1 aliphatic carbocycles. The molecule has 2 aliphatic rings. The van der Waals surface area contributed by atoms with Crippen molar-refractivity contribution in [1.82, 2.24) is 15.3 Å². The molecule has 0 bridgehead atoms. The van der Waals surface area contributed by atoms with Crippen molar-refractivity contribution in [1.29, 1.82) is 0 Å². The molecule has 3 rings (SSSR count). The van der Waals surface area contributed by atoms with Crippen LogP contribution >= 0.6 is 11.6 Å². The van der Waals surface area contributed by atoms with Crippen LogP contribution in [0.1, 0.15) is 25.7 Å². The summed E-state index contributed by atoms with van der Waals surface area (Å²) in [5.41, 5.74) is 0. The van der Waals surface area contributed by atoms with Crippen molar-refractivity contribution in [3.63, 3.8) is 0 Å². The molecule has 20 heavy (non-hydrogen) atoms. The van der Waals surface area contributed by atoms with Gasteiger partial charge in [0.2, 0.25) is 0 Å². The highest BCUT2D eigenvalue weighted by molar-refractivity contribution is 6.32. The van der Waals surface area contributed by atoms with Gasteiger partial charge < -0.3 is 15.0 Å². The van der Waals surface area contributed by atoms with Crippen LogP contribution in [0.2, 0.25) is 5.02 Å². The Morgan fingerprint density at radius 1 is 1.35 bits per heavy atom. The fourth-order valence-corrected chi connectivity index (χ4v) is 2.82. The van der Waals surface area contributed by atoms with Crippen molar-refractivity contribution in [2.75, 3.05) is 31.6 Å². The van der Waals surface area contributed by atoms with Gasteiger partial charge in [-0.05, 0) is 38.1 Å². The number of ether oxygens (including phenoxy) is 1. The Balaban J connectivity index is 1.56. The SMILES string of the molecule is COc1ncc(Cl)c(N2CCC(NCC3CC3)CC2)n1. The van der Waals surface area contributed by atoms with Gasteiger partial charge in [0.1, 0.15) is 5.02 Å². The molecule has 0 aromatic carbocycles. The van der Waals surface area contributed by atoms with Crippen molar-refractivity contribution >= 4 is 17.4 Å². The zero-order chi connectivity index (χ0) is 13.9. The molecule has 0 unspecified atom stereocenters. The number of methoxy groups -OCH3 is 1. The predicted octanol–water partition coefficient (Wildman–Crippen LogP) is 2.11.